The van der Waals surface area contributed by atoms with Gasteiger partial charge in [0, 0.05) is 0 Å². The lowest BCUT2D eigenvalue weighted by Crippen LogP contribution is -1.83. The zero-order chi connectivity index (χ0) is 12.6. The largest absolute Gasteiger partial charge is 0.457 e. The predicted octanol–water partition coefficient (Wildman–Crippen LogP) is 5.07. The summed E-state index contributed by atoms with van der Waals surface area (Å²) >= 11 is 0. The van der Waals surface area contributed by atoms with Crippen molar-refractivity contribution in [3.05, 3.63) is 78.4 Å². The van der Waals surface area contributed by atoms with Gasteiger partial charge in [0.15, 0.2) is 0 Å². The van der Waals surface area contributed by atoms with Crippen molar-refractivity contribution < 1.29 is 4.74 Å². The van der Waals surface area contributed by atoms with Gasteiger partial charge in [0.25, 0.3) is 0 Å². The molecule has 0 N–H and O–H groups in total. The summed E-state index contributed by atoms with van der Waals surface area (Å²) in [6.45, 7) is 2.00. The van der Waals surface area contributed by atoms with Gasteiger partial charge in [-0.15, -0.1) is 0 Å². The normalized spacial score (nSPS) is 11.2. The van der Waals surface area contributed by atoms with Gasteiger partial charge in [-0.1, -0.05) is 54.6 Å². The molecule has 0 aliphatic heterocycles. The highest BCUT2D eigenvalue weighted by Crippen LogP contribution is 2.22. The van der Waals surface area contributed by atoms with E-state index in [0.29, 0.717) is 0 Å². The molecule has 2 rings (SSSR count). The number of rotatable bonds is 4. The molecule has 0 fully saturated rings. The van der Waals surface area contributed by atoms with E-state index in [4.69, 9.17) is 4.74 Å². The summed E-state index contributed by atoms with van der Waals surface area (Å²) in [5.74, 6) is 1.70. The lowest BCUT2D eigenvalue weighted by molar-refractivity contribution is 0.482. The average Bonchev–Trinajstić information content (AvgIpc) is 2.41. The van der Waals surface area contributed by atoms with Crippen LogP contribution >= 0.6 is 0 Å². The molecule has 0 spiro atoms. The summed E-state index contributed by atoms with van der Waals surface area (Å²) in [6.07, 6.45) is 8.07. The van der Waals surface area contributed by atoms with Crippen molar-refractivity contribution in [3.63, 3.8) is 0 Å². The Balaban J connectivity index is 2.12. The minimum absolute atomic E-state index is 0.851. The molecule has 18 heavy (non-hydrogen) atoms. The minimum Gasteiger partial charge on any atom is -0.457 e. The van der Waals surface area contributed by atoms with Crippen molar-refractivity contribution in [2.75, 3.05) is 0 Å². The van der Waals surface area contributed by atoms with E-state index < -0.39 is 0 Å². The van der Waals surface area contributed by atoms with Crippen molar-refractivity contribution in [1.82, 2.24) is 0 Å². The van der Waals surface area contributed by atoms with E-state index in [1.165, 1.54) is 0 Å². The number of allylic oxidation sites excluding steroid dienone is 3. The summed E-state index contributed by atoms with van der Waals surface area (Å²) in [4.78, 5) is 0. The van der Waals surface area contributed by atoms with Gasteiger partial charge in [-0.25, -0.2) is 0 Å². The van der Waals surface area contributed by atoms with Gasteiger partial charge in [0.1, 0.15) is 11.5 Å². The van der Waals surface area contributed by atoms with E-state index >= 15 is 0 Å². The Hall–Kier alpha value is -2.28. The van der Waals surface area contributed by atoms with Crippen LogP contribution in [0.4, 0.5) is 0 Å². The fourth-order valence-corrected chi connectivity index (χ4v) is 1.58. The second-order valence-corrected chi connectivity index (χ2v) is 3.87. The quantitative estimate of drug-likeness (QED) is 0.673. The maximum atomic E-state index is 5.77. The first kappa shape index (κ1) is 12.2. The molecule has 0 saturated heterocycles. The molecule has 2 aromatic rings. The first-order valence-electron chi connectivity index (χ1n) is 6.01. The van der Waals surface area contributed by atoms with E-state index in [9.17, 15) is 0 Å². The van der Waals surface area contributed by atoms with E-state index in [2.05, 4.69) is 12.1 Å². The fourth-order valence-electron chi connectivity index (χ4n) is 1.58. The first-order chi connectivity index (χ1) is 8.88. The zero-order valence-electron chi connectivity index (χ0n) is 10.4. The summed E-state index contributed by atoms with van der Waals surface area (Å²) in [5.41, 5.74) is 1.13. The molecule has 2 aromatic carbocycles. The van der Waals surface area contributed by atoms with Crippen molar-refractivity contribution in [1.29, 1.82) is 0 Å². The SMILES string of the molecule is CC=CC=Cc1cccc(Oc2ccccc2)c1. The molecule has 0 radical (unpaired) electrons. The van der Waals surface area contributed by atoms with Crippen molar-refractivity contribution in [2.24, 2.45) is 0 Å². The fraction of sp³-hybridized carbons (Fsp3) is 0.0588. The van der Waals surface area contributed by atoms with E-state index in [0.717, 1.165) is 17.1 Å². The van der Waals surface area contributed by atoms with Gasteiger partial charge in [-0.3, -0.25) is 0 Å². The Kier molecular flexibility index (Phi) is 4.37. The van der Waals surface area contributed by atoms with Crippen LogP contribution in [0.1, 0.15) is 12.5 Å². The highest BCUT2D eigenvalue weighted by Gasteiger charge is 1.96. The summed E-state index contributed by atoms with van der Waals surface area (Å²) in [7, 11) is 0. The van der Waals surface area contributed by atoms with Crippen LogP contribution < -0.4 is 4.74 Å². The monoisotopic (exact) mass is 236 g/mol. The average molecular weight is 236 g/mol. The molecular formula is C17H16O. The zero-order valence-corrected chi connectivity index (χ0v) is 10.4. The summed E-state index contributed by atoms with van der Waals surface area (Å²) in [6, 6.07) is 17.8. The molecule has 0 saturated carbocycles. The molecule has 0 aliphatic rings. The van der Waals surface area contributed by atoms with Crippen LogP contribution in [0.3, 0.4) is 0 Å². The number of ether oxygens (including phenoxy) is 1. The van der Waals surface area contributed by atoms with Gasteiger partial charge < -0.3 is 4.74 Å². The Morgan fingerprint density at radius 1 is 0.833 bits per heavy atom. The smallest absolute Gasteiger partial charge is 0.128 e. The Bertz CT molecular complexity index is 539. The molecule has 1 heteroatoms. The molecule has 0 bridgehead atoms. The number of hydrogen-bond donors (Lipinski definition) is 0. The molecule has 0 heterocycles. The predicted molar refractivity (Wildman–Crippen MR) is 76.8 cm³/mol. The van der Waals surface area contributed by atoms with Crippen LogP contribution in [0.25, 0.3) is 6.08 Å². The van der Waals surface area contributed by atoms with Gasteiger partial charge in [-0.05, 0) is 36.8 Å². The van der Waals surface area contributed by atoms with Crippen LogP contribution in [0.5, 0.6) is 11.5 Å². The second kappa shape index (κ2) is 6.45. The first-order valence-corrected chi connectivity index (χ1v) is 6.01. The molecule has 0 amide bonds. The summed E-state index contributed by atoms with van der Waals surface area (Å²) < 4.78 is 5.77. The topological polar surface area (TPSA) is 9.23 Å². The molecule has 0 atom stereocenters. The lowest BCUT2D eigenvalue weighted by atomic mass is 10.2. The van der Waals surface area contributed by atoms with Gasteiger partial charge >= 0.3 is 0 Å². The second-order valence-electron chi connectivity index (χ2n) is 3.87. The van der Waals surface area contributed by atoms with Crippen molar-refractivity contribution in [2.45, 2.75) is 6.92 Å². The highest BCUT2D eigenvalue weighted by atomic mass is 16.5. The minimum atomic E-state index is 0.851. The molecule has 1 nitrogen and oxygen atoms in total. The van der Waals surface area contributed by atoms with Gasteiger partial charge in [0.2, 0.25) is 0 Å². The Labute approximate surface area is 108 Å². The van der Waals surface area contributed by atoms with Crippen LogP contribution in [0.15, 0.2) is 72.8 Å². The third-order valence-electron chi connectivity index (χ3n) is 2.43. The molecule has 0 aliphatic carbocycles. The van der Waals surface area contributed by atoms with Crippen LogP contribution in [-0.2, 0) is 0 Å². The number of benzene rings is 2. The summed E-state index contributed by atoms with van der Waals surface area (Å²) in [5, 5.41) is 0. The van der Waals surface area contributed by atoms with Crippen LogP contribution in [0.2, 0.25) is 0 Å². The van der Waals surface area contributed by atoms with Gasteiger partial charge in [0.05, 0.1) is 0 Å². The van der Waals surface area contributed by atoms with E-state index in [1.807, 2.05) is 73.7 Å². The molecular weight excluding hydrogens is 220 g/mol. The standard InChI is InChI=1S/C17H16O/c1-2-3-5-9-15-10-8-13-17(14-15)18-16-11-6-4-7-12-16/h2-14H,1H3. The highest BCUT2D eigenvalue weighted by molar-refractivity contribution is 5.53. The maximum Gasteiger partial charge on any atom is 0.128 e. The number of hydrogen-bond acceptors (Lipinski definition) is 1. The third kappa shape index (κ3) is 3.63. The van der Waals surface area contributed by atoms with E-state index in [-0.39, 0.29) is 0 Å². The Morgan fingerprint density at radius 2 is 1.61 bits per heavy atom. The third-order valence-corrected chi connectivity index (χ3v) is 2.43. The maximum absolute atomic E-state index is 5.77. The molecule has 0 unspecified atom stereocenters. The van der Waals surface area contributed by atoms with Crippen LogP contribution in [0, 0.1) is 0 Å². The van der Waals surface area contributed by atoms with Gasteiger partial charge in [-0.2, -0.15) is 0 Å². The molecule has 90 valence electrons. The lowest BCUT2D eigenvalue weighted by Gasteiger charge is -2.05. The molecule has 0 aromatic heterocycles. The van der Waals surface area contributed by atoms with E-state index in [1.54, 1.807) is 0 Å². The number of para-hydroxylation sites is 1. The van der Waals surface area contributed by atoms with Crippen LogP contribution in [-0.4, -0.2) is 0 Å². The van der Waals surface area contributed by atoms with Crippen molar-refractivity contribution >= 4 is 6.08 Å². The Morgan fingerprint density at radius 3 is 2.39 bits per heavy atom. The van der Waals surface area contributed by atoms with Crippen molar-refractivity contribution in [3.8, 4) is 11.5 Å².